The summed E-state index contributed by atoms with van der Waals surface area (Å²) in [7, 11) is -2.90. The minimum Gasteiger partial charge on any atom is -0.228 e. The van der Waals surface area contributed by atoms with Crippen molar-refractivity contribution in [2.75, 3.05) is 5.75 Å². The summed E-state index contributed by atoms with van der Waals surface area (Å²) in [6.07, 6.45) is 4.36. The van der Waals surface area contributed by atoms with Gasteiger partial charge in [0.1, 0.15) is 0 Å². The van der Waals surface area contributed by atoms with Crippen molar-refractivity contribution in [1.82, 2.24) is 0 Å². The van der Waals surface area contributed by atoms with Crippen molar-refractivity contribution in [2.45, 2.75) is 32.4 Å². The van der Waals surface area contributed by atoms with Crippen molar-refractivity contribution >= 4 is 9.84 Å². The fourth-order valence-corrected chi connectivity index (χ4v) is 3.18. The lowest BCUT2D eigenvalue weighted by Crippen LogP contribution is -2.24. The smallest absolute Gasteiger partial charge is 0.160 e. The Hall–Kier alpha value is -0.570. The molecule has 0 aromatic carbocycles. The van der Waals surface area contributed by atoms with E-state index in [2.05, 4.69) is 0 Å². The molecule has 0 bridgehead atoms. The molecular weight excluding hydrogens is 184 g/mol. The molecule has 0 saturated heterocycles. The molecule has 1 aliphatic heterocycles. The van der Waals surface area contributed by atoms with Gasteiger partial charge in [0.15, 0.2) is 9.84 Å². The Balaban J connectivity index is 3.04. The fourth-order valence-electron chi connectivity index (χ4n) is 1.39. The second kappa shape index (κ2) is 3.66. The van der Waals surface area contributed by atoms with Gasteiger partial charge in [-0.1, -0.05) is 23.3 Å². The molecule has 0 amide bonds. The van der Waals surface area contributed by atoms with Crippen LogP contribution in [0.25, 0.3) is 0 Å². The molecule has 0 spiro atoms. The first-order chi connectivity index (χ1) is 5.92. The van der Waals surface area contributed by atoms with Crippen LogP contribution in [-0.2, 0) is 9.84 Å². The molecule has 1 aliphatic rings. The van der Waals surface area contributed by atoms with Crippen LogP contribution in [-0.4, -0.2) is 19.4 Å². The van der Waals surface area contributed by atoms with E-state index in [1.54, 1.807) is 0 Å². The van der Waals surface area contributed by atoms with Gasteiger partial charge in [0, 0.05) is 0 Å². The number of allylic oxidation sites excluding steroid dienone is 2. The summed E-state index contributed by atoms with van der Waals surface area (Å²) in [4.78, 5) is 0. The minimum absolute atomic E-state index is 0.295. The average Bonchev–Trinajstić information content (AvgIpc) is 1.97. The van der Waals surface area contributed by atoms with Crippen LogP contribution in [0.2, 0.25) is 0 Å². The van der Waals surface area contributed by atoms with E-state index >= 15 is 0 Å². The predicted molar refractivity (Wildman–Crippen MR) is 55.4 cm³/mol. The summed E-state index contributed by atoms with van der Waals surface area (Å²) in [5.74, 6) is 0.295. The standard InChI is InChI=1S/C10H16O2S/c1-8(2)6-10-7-9(3)4-5-13(10,11)12/h6-7,10H,4-5H2,1-3H3. The molecule has 1 rings (SSSR count). The summed E-state index contributed by atoms with van der Waals surface area (Å²) in [6, 6.07) is 0. The molecule has 3 heteroatoms. The Morgan fingerprint density at radius 3 is 2.69 bits per heavy atom. The molecule has 0 aromatic heterocycles. The lowest BCUT2D eigenvalue weighted by molar-refractivity contribution is 0.590. The second-order valence-corrected chi connectivity index (χ2v) is 6.12. The first-order valence-corrected chi connectivity index (χ1v) is 6.17. The third-order valence-corrected chi connectivity index (χ3v) is 4.02. The van der Waals surface area contributed by atoms with Crippen LogP contribution in [0.15, 0.2) is 23.3 Å². The maximum Gasteiger partial charge on any atom is 0.160 e. The van der Waals surface area contributed by atoms with E-state index in [1.165, 1.54) is 5.57 Å². The summed E-state index contributed by atoms with van der Waals surface area (Å²) in [6.45, 7) is 5.83. The van der Waals surface area contributed by atoms with E-state index in [1.807, 2.05) is 32.9 Å². The van der Waals surface area contributed by atoms with Crippen LogP contribution in [0.1, 0.15) is 27.2 Å². The summed E-state index contributed by atoms with van der Waals surface area (Å²) < 4.78 is 23.1. The Bertz CT molecular complexity index is 343. The fraction of sp³-hybridized carbons (Fsp3) is 0.600. The van der Waals surface area contributed by atoms with E-state index < -0.39 is 9.84 Å². The van der Waals surface area contributed by atoms with E-state index in [-0.39, 0.29) is 5.25 Å². The van der Waals surface area contributed by atoms with E-state index in [0.717, 1.165) is 5.57 Å². The van der Waals surface area contributed by atoms with Crippen LogP contribution in [0.4, 0.5) is 0 Å². The number of hydrogen-bond donors (Lipinski definition) is 0. The molecule has 2 nitrogen and oxygen atoms in total. The van der Waals surface area contributed by atoms with Gasteiger partial charge in [0.2, 0.25) is 0 Å². The normalized spacial score (nSPS) is 26.4. The van der Waals surface area contributed by atoms with Gasteiger partial charge >= 0.3 is 0 Å². The topological polar surface area (TPSA) is 34.1 Å². The van der Waals surface area contributed by atoms with Crippen LogP contribution >= 0.6 is 0 Å². The molecular formula is C10H16O2S. The molecule has 1 unspecified atom stereocenters. The highest BCUT2D eigenvalue weighted by Crippen LogP contribution is 2.20. The van der Waals surface area contributed by atoms with Crippen molar-refractivity contribution < 1.29 is 8.42 Å². The van der Waals surface area contributed by atoms with Gasteiger partial charge in [0.25, 0.3) is 0 Å². The zero-order valence-corrected chi connectivity index (χ0v) is 9.19. The predicted octanol–water partition coefficient (Wildman–Crippen LogP) is 2.09. The Morgan fingerprint density at radius 1 is 1.54 bits per heavy atom. The highest BCUT2D eigenvalue weighted by atomic mass is 32.2. The summed E-state index contributed by atoms with van der Waals surface area (Å²) in [5, 5.41) is -0.383. The molecule has 13 heavy (non-hydrogen) atoms. The molecule has 1 atom stereocenters. The van der Waals surface area contributed by atoms with Gasteiger partial charge in [-0.3, -0.25) is 0 Å². The van der Waals surface area contributed by atoms with Crippen LogP contribution in [0.5, 0.6) is 0 Å². The van der Waals surface area contributed by atoms with Gasteiger partial charge in [-0.2, -0.15) is 0 Å². The molecule has 0 aromatic rings. The van der Waals surface area contributed by atoms with E-state index in [4.69, 9.17) is 0 Å². The number of sulfone groups is 1. The highest BCUT2D eigenvalue weighted by Gasteiger charge is 2.24. The number of hydrogen-bond acceptors (Lipinski definition) is 2. The molecule has 0 N–H and O–H groups in total. The molecule has 1 heterocycles. The van der Waals surface area contributed by atoms with Crippen LogP contribution in [0.3, 0.4) is 0 Å². The third kappa shape index (κ3) is 2.69. The van der Waals surface area contributed by atoms with Crippen molar-refractivity contribution in [2.24, 2.45) is 0 Å². The summed E-state index contributed by atoms with van der Waals surface area (Å²) in [5.41, 5.74) is 2.23. The summed E-state index contributed by atoms with van der Waals surface area (Å²) >= 11 is 0. The van der Waals surface area contributed by atoms with Crippen molar-refractivity contribution in [1.29, 1.82) is 0 Å². The van der Waals surface area contributed by atoms with E-state index in [9.17, 15) is 8.42 Å². The van der Waals surface area contributed by atoms with Gasteiger partial charge in [-0.05, 0) is 27.2 Å². The van der Waals surface area contributed by atoms with Gasteiger partial charge in [-0.15, -0.1) is 0 Å². The highest BCUT2D eigenvalue weighted by molar-refractivity contribution is 7.92. The largest absolute Gasteiger partial charge is 0.228 e. The lowest BCUT2D eigenvalue weighted by Gasteiger charge is -2.17. The average molecular weight is 200 g/mol. The van der Waals surface area contributed by atoms with Gasteiger partial charge in [0.05, 0.1) is 11.0 Å². The molecule has 0 radical (unpaired) electrons. The van der Waals surface area contributed by atoms with Crippen molar-refractivity contribution in [3.8, 4) is 0 Å². The Kier molecular flexibility index (Phi) is 2.96. The third-order valence-electron chi connectivity index (χ3n) is 2.14. The minimum atomic E-state index is -2.90. The zero-order valence-electron chi connectivity index (χ0n) is 8.37. The van der Waals surface area contributed by atoms with Crippen LogP contribution < -0.4 is 0 Å². The Labute approximate surface area is 80.3 Å². The zero-order chi connectivity index (χ0) is 10.1. The lowest BCUT2D eigenvalue weighted by atomic mass is 10.1. The van der Waals surface area contributed by atoms with Crippen LogP contribution in [0, 0.1) is 0 Å². The molecule has 0 fully saturated rings. The molecule has 0 saturated carbocycles. The van der Waals surface area contributed by atoms with Gasteiger partial charge in [-0.25, -0.2) is 8.42 Å². The number of rotatable bonds is 1. The van der Waals surface area contributed by atoms with Crippen molar-refractivity contribution in [3.05, 3.63) is 23.3 Å². The quantitative estimate of drug-likeness (QED) is 0.607. The maximum atomic E-state index is 11.6. The maximum absolute atomic E-state index is 11.6. The first-order valence-electron chi connectivity index (χ1n) is 4.46. The van der Waals surface area contributed by atoms with Gasteiger partial charge < -0.3 is 0 Å². The SMILES string of the molecule is CC(C)=CC1C=C(C)CCS1(=O)=O. The van der Waals surface area contributed by atoms with E-state index in [0.29, 0.717) is 12.2 Å². The Morgan fingerprint density at radius 2 is 2.15 bits per heavy atom. The molecule has 74 valence electrons. The monoisotopic (exact) mass is 200 g/mol. The second-order valence-electron chi connectivity index (χ2n) is 3.84. The van der Waals surface area contributed by atoms with Crippen molar-refractivity contribution in [3.63, 3.8) is 0 Å². The first kappa shape index (κ1) is 10.5. The molecule has 0 aliphatic carbocycles.